The molecular weight excluding hydrogens is 539 g/mol. The average Bonchev–Trinajstić information content (AvgIpc) is 3.30. The third kappa shape index (κ3) is 5.39. The topological polar surface area (TPSA) is 67.7 Å². The summed E-state index contributed by atoms with van der Waals surface area (Å²) in [6.07, 6.45) is 0. The van der Waals surface area contributed by atoms with Crippen molar-refractivity contribution in [1.82, 2.24) is 14.7 Å². The SMILES string of the molecule is Cc1ccc(-n2nc(-c3ccccc3)c3c2N(CC(=O)N2CCOCC2)C(=O)CSC3c2ccc(F)cc2)c(C)c1. The molecule has 3 aromatic carbocycles. The van der Waals surface area contributed by atoms with Crippen LogP contribution in [-0.2, 0) is 14.3 Å². The van der Waals surface area contributed by atoms with Crippen LogP contribution in [-0.4, -0.2) is 65.1 Å². The van der Waals surface area contributed by atoms with Crippen molar-refractivity contribution in [3.63, 3.8) is 0 Å². The van der Waals surface area contributed by atoms with Gasteiger partial charge in [0.2, 0.25) is 11.8 Å². The van der Waals surface area contributed by atoms with Gasteiger partial charge in [-0.2, -0.15) is 5.10 Å². The maximum Gasteiger partial charge on any atom is 0.242 e. The molecule has 4 aromatic rings. The standard InChI is InChI=1S/C32H31FN4O3S/c1-21-8-13-26(22(2)18-21)37-32-29(30(34-37)23-6-4-3-5-7-23)31(24-9-11-25(33)12-10-24)41-20-28(39)36(32)19-27(38)35-14-16-40-17-15-35/h3-13,18,31H,14-17,19-20H2,1-2H3. The first kappa shape index (κ1) is 27.2. The highest BCUT2D eigenvalue weighted by atomic mass is 32.2. The van der Waals surface area contributed by atoms with Crippen LogP contribution in [0, 0.1) is 19.7 Å². The van der Waals surface area contributed by atoms with Gasteiger partial charge in [-0.05, 0) is 43.2 Å². The fourth-order valence-electron chi connectivity index (χ4n) is 5.49. The van der Waals surface area contributed by atoms with Gasteiger partial charge in [0.05, 0.1) is 35.6 Å². The molecule has 0 saturated carbocycles. The van der Waals surface area contributed by atoms with Gasteiger partial charge in [0.25, 0.3) is 0 Å². The van der Waals surface area contributed by atoms with Crippen molar-refractivity contribution in [2.45, 2.75) is 19.1 Å². The minimum Gasteiger partial charge on any atom is -0.378 e. The maximum absolute atomic E-state index is 14.0. The van der Waals surface area contributed by atoms with E-state index in [1.54, 1.807) is 21.9 Å². The first-order valence-corrected chi connectivity index (χ1v) is 14.7. The summed E-state index contributed by atoms with van der Waals surface area (Å²) in [5, 5.41) is 4.84. The summed E-state index contributed by atoms with van der Waals surface area (Å²) in [4.78, 5) is 30.8. The molecule has 0 aliphatic carbocycles. The van der Waals surface area contributed by atoms with E-state index >= 15 is 0 Å². The van der Waals surface area contributed by atoms with E-state index in [0.29, 0.717) is 32.1 Å². The van der Waals surface area contributed by atoms with E-state index in [9.17, 15) is 14.0 Å². The molecule has 2 aliphatic rings. The van der Waals surface area contributed by atoms with Crippen LogP contribution in [0.5, 0.6) is 0 Å². The number of hydrogen-bond acceptors (Lipinski definition) is 5. The lowest BCUT2D eigenvalue weighted by molar-refractivity contribution is -0.134. The number of aryl methyl sites for hydroxylation is 2. The summed E-state index contributed by atoms with van der Waals surface area (Å²) in [6.45, 7) is 5.89. The summed E-state index contributed by atoms with van der Waals surface area (Å²) < 4.78 is 21.2. The van der Waals surface area contributed by atoms with Crippen LogP contribution in [0.2, 0.25) is 0 Å². The van der Waals surface area contributed by atoms with Gasteiger partial charge < -0.3 is 9.64 Å². The number of fused-ring (bicyclic) bond motifs is 1. The van der Waals surface area contributed by atoms with E-state index < -0.39 is 0 Å². The number of hydrogen-bond donors (Lipinski definition) is 0. The van der Waals surface area contributed by atoms with Gasteiger partial charge in [-0.25, -0.2) is 9.07 Å². The van der Waals surface area contributed by atoms with Gasteiger partial charge in [-0.15, -0.1) is 11.8 Å². The molecule has 1 saturated heterocycles. The number of benzene rings is 3. The van der Waals surface area contributed by atoms with Crippen LogP contribution in [0.4, 0.5) is 10.2 Å². The Balaban J connectivity index is 1.60. The van der Waals surface area contributed by atoms with Gasteiger partial charge >= 0.3 is 0 Å². The average molecular weight is 571 g/mol. The lowest BCUT2D eigenvalue weighted by Crippen LogP contribution is -2.48. The van der Waals surface area contributed by atoms with Gasteiger partial charge in [0.15, 0.2) is 0 Å². The van der Waals surface area contributed by atoms with E-state index in [1.165, 1.54) is 23.9 Å². The molecule has 0 spiro atoms. The predicted octanol–water partition coefficient (Wildman–Crippen LogP) is 5.32. The first-order chi connectivity index (χ1) is 19.9. The third-order valence-electron chi connectivity index (χ3n) is 7.55. The number of halogens is 1. The summed E-state index contributed by atoms with van der Waals surface area (Å²) in [6, 6.07) is 22.4. The molecule has 0 N–H and O–H groups in total. The van der Waals surface area contributed by atoms with Gasteiger partial charge in [-0.3, -0.25) is 14.5 Å². The van der Waals surface area contributed by atoms with Crippen LogP contribution < -0.4 is 4.90 Å². The third-order valence-corrected chi connectivity index (χ3v) is 8.80. The number of nitrogens with zero attached hydrogens (tertiary/aromatic N) is 4. The fourth-order valence-corrected chi connectivity index (χ4v) is 6.69. The summed E-state index contributed by atoms with van der Waals surface area (Å²) in [7, 11) is 0. The number of anilines is 1. The van der Waals surface area contributed by atoms with Crippen LogP contribution in [0.25, 0.3) is 16.9 Å². The molecule has 2 aliphatic heterocycles. The Morgan fingerprint density at radius 3 is 2.46 bits per heavy atom. The van der Waals surface area contributed by atoms with Crippen molar-refractivity contribution in [1.29, 1.82) is 0 Å². The maximum atomic E-state index is 14.0. The Morgan fingerprint density at radius 2 is 1.76 bits per heavy atom. The van der Waals surface area contributed by atoms with Crippen LogP contribution in [0.1, 0.15) is 27.5 Å². The normalized spacial score (nSPS) is 17.3. The molecule has 3 heterocycles. The van der Waals surface area contributed by atoms with Crippen molar-refractivity contribution in [2.24, 2.45) is 0 Å². The zero-order chi connectivity index (χ0) is 28.5. The smallest absolute Gasteiger partial charge is 0.242 e. The summed E-state index contributed by atoms with van der Waals surface area (Å²) in [5.74, 6) is 0.103. The number of aromatic nitrogens is 2. The van der Waals surface area contributed by atoms with Crippen molar-refractivity contribution in [2.75, 3.05) is 43.5 Å². The van der Waals surface area contributed by atoms with Crippen molar-refractivity contribution in [3.05, 3.63) is 101 Å². The zero-order valence-corrected chi connectivity index (χ0v) is 23.9. The van der Waals surface area contributed by atoms with E-state index in [4.69, 9.17) is 9.84 Å². The Labute approximate surface area is 242 Å². The molecule has 1 fully saturated rings. The summed E-state index contributed by atoms with van der Waals surface area (Å²) in [5.41, 5.74) is 6.25. The highest BCUT2D eigenvalue weighted by Crippen LogP contribution is 2.48. The second-order valence-electron chi connectivity index (χ2n) is 10.4. The van der Waals surface area contributed by atoms with Crippen molar-refractivity contribution in [3.8, 4) is 16.9 Å². The molecule has 1 atom stereocenters. The van der Waals surface area contributed by atoms with Gasteiger partial charge in [0, 0.05) is 24.2 Å². The van der Waals surface area contributed by atoms with Crippen LogP contribution in [0.3, 0.4) is 0 Å². The molecule has 1 unspecified atom stereocenters. The number of morpholine rings is 1. The van der Waals surface area contributed by atoms with Gasteiger partial charge in [-0.1, -0.05) is 60.2 Å². The number of carbonyl (C=O) groups excluding carboxylic acids is 2. The quantitative estimate of drug-likeness (QED) is 0.325. The van der Waals surface area contributed by atoms with Crippen LogP contribution >= 0.6 is 11.8 Å². The van der Waals surface area contributed by atoms with Crippen molar-refractivity contribution >= 4 is 29.4 Å². The van der Waals surface area contributed by atoms with E-state index in [-0.39, 0.29) is 35.2 Å². The van der Waals surface area contributed by atoms with E-state index in [1.807, 2.05) is 61.0 Å². The van der Waals surface area contributed by atoms with E-state index in [0.717, 1.165) is 39.2 Å². The predicted molar refractivity (Wildman–Crippen MR) is 159 cm³/mol. The Kier molecular flexibility index (Phi) is 7.64. The minimum atomic E-state index is -0.323. The minimum absolute atomic E-state index is 0.104. The van der Waals surface area contributed by atoms with Crippen molar-refractivity contribution < 1.29 is 18.7 Å². The highest BCUT2D eigenvalue weighted by molar-refractivity contribution is 8.00. The van der Waals surface area contributed by atoms with E-state index in [2.05, 4.69) is 6.07 Å². The molecule has 9 heteroatoms. The molecule has 210 valence electrons. The largest absolute Gasteiger partial charge is 0.378 e. The Morgan fingerprint density at radius 1 is 1.02 bits per heavy atom. The monoisotopic (exact) mass is 570 g/mol. The second-order valence-corrected chi connectivity index (χ2v) is 11.5. The van der Waals surface area contributed by atoms with Gasteiger partial charge in [0.1, 0.15) is 18.2 Å². The molecule has 0 radical (unpaired) electrons. The lowest BCUT2D eigenvalue weighted by Gasteiger charge is -2.30. The first-order valence-electron chi connectivity index (χ1n) is 13.7. The lowest BCUT2D eigenvalue weighted by atomic mass is 9.99. The number of rotatable bonds is 5. The second kappa shape index (κ2) is 11.5. The molecule has 0 bridgehead atoms. The highest BCUT2D eigenvalue weighted by Gasteiger charge is 2.38. The fraction of sp³-hybridized carbons (Fsp3) is 0.281. The molecule has 6 rings (SSSR count). The molecule has 2 amide bonds. The zero-order valence-electron chi connectivity index (χ0n) is 23.0. The van der Waals surface area contributed by atoms with Crippen LogP contribution in [0.15, 0.2) is 72.8 Å². The molecule has 41 heavy (non-hydrogen) atoms. The number of amides is 2. The molecule has 1 aromatic heterocycles. The summed E-state index contributed by atoms with van der Waals surface area (Å²) >= 11 is 1.47. The number of carbonyl (C=O) groups is 2. The Bertz CT molecular complexity index is 1580. The Hall–Kier alpha value is -3.95. The molecule has 7 nitrogen and oxygen atoms in total. The number of thioether (sulfide) groups is 1. The number of ether oxygens (including phenoxy) is 1. The molecular formula is C32H31FN4O3S.